The third kappa shape index (κ3) is 5.14. The number of hydrogen-bond donors (Lipinski definition) is 1. The maximum absolute atomic E-state index is 12.6. The first-order valence-electron chi connectivity index (χ1n) is 9.28. The second-order valence-electron chi connectivity index (χ2n) is 6.24. The molecule has 3 aromatic rings. The zero-order valence-electron chi connectivity index (χ0n) is 16.4. The van der Waals surface area contributed by atoms with Crippen LogP contribution in [0.3, 0.4) is 0 Å². The van der Waals surface area contributed by atoms with Gasteiger partial charge in [0.1, 0.15) is 24.0 Å². The van der Waals surface area contributed by atoms with Gasteiger partial charge in [0.2, 0.25) is 0 Å². The van der Waals surface area contributed by atoms with Gasteiger partial charge in [-0.15, -0.1) is 17.8 Å². The van der Waals surface area contributed by atoms with E-state index in [1.54, 1.807) is 24.3 Å². The van der Waals surface area contributed by atoms with Crippen molar-refractivity contribution in [3.63, 3.8) is 0 Å². The minimum Gasteiger partial charge on any atom is -0.480 e. The van der Waals surface area contributed by atoms with Crippen molar-refractivity contribution in [2.75, 3.05) is 11.9 Å². The van der Waals surface area contributed by atoms with E-state index in [0.717, 1.165) is 17.7 Å². The first-order valence-corrected chi connectivity index (χ1v) is 10.2. The number of nitrogens with zero attached hydrogens (tertiary/aromatic N) is 2. The van der Waals surface area contributed by atoms with Crippen molar-refractivity contribution in [2.24, 2.45) is 0 Å². The molecule has 1 amide bonds. The number of hydrogen-bond acceptors (Lipinski definition) is 5. The molecular formula is C24H19N3O2S. The van der Waals surface area contributed by atoms with Crippen LogP contribution in [-0.2, 0) is 11.2 Å². The minimum absolute atomic E-state index is 0.0594. The number of ether oxygens (including phenoxy) is 1. The number of para-hydroxylation sites is 1. The number of thiazole rings is 1. The summed E-state index contributed by atoms with van der Waals surface area (Å²) in [6.45, 7) is 2.20. The van der Waals surface area contributed by atoms with Crippen LogP contribution in [0.4, 0.5) is 5.13 Å². The zero-order chi connectivity index (χ0) is 21.3. The SMILES string of the molecule is C#CCOc1ccccc1/C=C(\C#N)C(=O)Nc1nc(-c2ccc(CC)cc2)cs1. The van der Waals surface area contributed by atoms with Crippen LogP contribution in [0, 0.1) is 23.7 Å². The Balaban J connectivity index is 1.76. The molecule has 1 aromatic heterocycles. The standard InChI is InChI=1S/C24H19N3O2S/c1-3-13-29-22-8-6-5-7-19(22)14-20(15-25)23(28)27-24-26-21(16-30-24)18-11-9-17(4-2)10-12-18/h1,5-12,14,16H,4,13H2,2H3,(H,26,27,28)/b20-14+. The number of aromatic nitrogens is 1. The molecule has 0 bridgehead atoms. The first-order chi connectivity index (χ1) is 14.6. The van der Waals surface area contributed by atoms with Gasteiger partial charge >= 0.3 is 0 Å². The Kier molecular flexibility index (Phi) is 7.00. The number of carbonyl (C=O) groups is 1. The van der Waals surface area contributed by atoms with E-state index in [1.165, 1.54) is 23.0 Å². The summed E-state index contributed by atoms with van der Waals surface area (Å²) < 4.78 is 5.47. The van der Waals surface area contributed by atoms with Gasteiger partial charge in [0.05, 0.1) is 5.69 Å². The highest BCUT2D eigenvalue weighted by molar-refractivity contribution is 7.14. The summed E-state index contributed by atoms with van der Waals surface area (Å²) in [5.41, 5.74) is 3.52. The number of terminal acetylenes is 1. The molecule has 0 atom stereocenters. The lowest BCUT2D eigenvalue weighted by molar-refractivity contribution is -0.112. The van der Waals surface area contributed by atoms with E-state index in [2.05, 4.69) is 35.3 Å². The van der Waals surface area contributed by atoms with Gasteiger partial charge < -0.3 is 4.74 Å². The molecule has 1 heterocycles. The molecular weight excluding hydrogens is 394 g/mol. The van der Waals surface area contributed by atoms with Crippen LogP contribution < -0.4 is 10.1 Å². The molecule has 2 aromatic carbocycles. The number of nitriles is 1. The van der Waals surface area contributed by atoms with Crippen molar-refractivity contribution >= 4 is 28.5 Å². The summed E-state index contributed by atoms with van der Waals surface area (Å²) in [6.07, 6.45) is 7.68. The molecule has 148 valence electrons. The number of aryl methyl sites for hydroxylation is 1. The number of rotatable bonds is 7. The fourth-order valence-corrected chi connectivity index (χ4v) is 3.41. The van der Waals surface area contributed by atoms with Crippen LogP contribution in [0.15, 0.2) is 59.5 Å². The lowest BCUT2D eigenvalue weighted by Crippen LogP contribution is -2.13. The zero-order valence-corrected chi connectivity index (χ0v) is 17.2. The Labute approximate surface area is 179 Å². The van der Waals surface area contributed by atoms with Gasteiger partial charge in [-0.25, -0.2) is 4.98 Å². The predicted octanol–water partition coefficient (Wildman–Crippen LogP) is 4.93. The number of amides is 1. The normalized spacial score (nSPS) is 10.7. The van der Waals surface area contributed by atoms with Crippen LogP contribution in [0.5, 0.6) is 5.75 Å². The maximum atomic E-state index is 12.6. The molecule has 0 aliphatic carbocycles. The van der Waals surface area contributed by atoms with Crippen molar-refractivity contribution < 1.29 is 9.53 Å². The van der Waals surface area contributed by atoms with Crippen LogP contribution in [0.25, 0.3) is 17.3 Å². The molecule has 6 heteroatoms. The summed E-state index contributed by atoms with van der Waals surface area (Å²) in [6, 6.07) is 17.1. The van der Waals surface area contributed by atoms with Crippen molar-refractivity contribution in [2.45, 2.75) is 13.3 Å². The van der Waals surface area contributed by atoms with Crippen LogP contribution in [0.1, 0.15) is 18.1 Å². The van der Waals surface area contributed by atoms with Crippen LogP contribution in [0.2, 0.25) is 0 Å². The smallest absolute Gasteiger partial charge is 0.268 e. The van der Waals surface area contributed by atoms with E-state index in [1.807, 2.05) is 23.6 Å². The third-order valence-corrected chi connectivity index (χ3v) is 5.04. The molecule has 0 aliphatic rings. The van der Waals surface area contributed by atoms with Gasteiger partial charge in [-0.05, 0) is 24.1 Å². The fourth-order valence-electron chi connectivity index (χ4n) is 2.69. The highest BCUT2D eigenvalue weighted by atomic mass is 32.1. The second-order valence-corrected chi connectivity index (χ2v) is 7.10. The summed E-state index contributed by atoms with van der Waals surface area (Å²) in [7, 11) is 0. The van der Waals surface area contributed by atoms with Gasteiger partial charge in [-0.2, -0.15) is 5.26 Å². The van der Waals surface area contributed by atoms with E-state index < -0.39 is 5.91 Å². The topological polar surface area (TPSA) is 75.0 Å². The Morgan fingerprint density at radius 1 is 1.27 bits per heavy atom. The average molecular weight is 414 g/mol. The van der Waals surface area contributed by atoms with E-state index in [4.69, 9.17) is 11.2 Å². The summed E-state index contributed by atoms with van der Waals surface area (Å²) in [5, 5.41) is 14.5. The summed E-state index contributed by atoms with van der Waals surface area (Å²) >= 11 is 1.30. The van der Waals surface area contributed by atoms with Gasteiger partial charge in [-0.1, -0.05) is 55.3 Å². The first kappa shape index (κ1) is 20.9. The van der Waals surface area contributed by atoms with Crippen molar-refractivity contribution in [1.82, 2.24) is 4.98 Å². The predicted molar refractivity (Wildman–Crippen MR) is 120 cm³/mol. The molecule has 0 radical (unpaired) electrons. The van der Waals surface area contributed by atoms with Gasteiger partial charge in [0.15, 0.2) is 5.13 Å². The van der Waals surface area contributed by atoms with Crippen molar-refractivity contribution in [3.8, 4) is 35.4 Å². The lowest BCUT2D eigenvalue weighted by atomic mass is 10.1. The summed E-state index contributed by atoms with van der Waals surface area (Å²) in [5.74, 6) is 2.36. The van der Waals surface area contributed by atoms with Crippen molar-refractivity contribution in [1.29, 1.82) is 5.26 Å². The highest BCUT2D eigenvalue weighted by Crippen LogP contribution is 2.26. The van der Waals surface area contributed by atoms with E-state index in [0.29, 0.717) is 16.4 Å². The Hall–Kier alpha value is -3.87. The Morgan fingerprint density at radius 2 is 2.03 bits per heavy atom. The Bertz CT molecular complexity index is 1150. The van der Waals surface area contributed by atoms with Crippen LogP contribution in [-0.4, -0.2) is 17.5 Å². The number of anilines is 1. The van der Waals surface area contributed by atoms with Crippen LogP contribution >= 0.6 is 11.3 Å². The van der Waals surface area contributed by atoms with Crippen molar-refractivity contribution in [3.05, 3.63) is 70.6 Å². The molecule has 0 unspecified atom stereocenters. The van der Waals surface area contributed by atoms with Gasteiger partial charge in [-0.3, -0.25) is 10.1 Å². The van der Waals surface area contributed by atoms with Gasteiger partial charge in [0.25, 0.3) is 5.91 Å². The van der Waals surface area contributed by atoms with Gasteiger partial charge in [0, 0.05) is 16.5 Å². The number of carbonyl (C=O) groups excluding carboxylic acids is 1. The minimum atomic E-state index is -0.536. The number of benzene rings is 2. The summed E-state index contributed by atoms with van der Waals surface area (Å²) in [4.78, 5) is 17.1. The second kappa shape index (κ2) is 10.1. The molecule has 1 N–H and O–H groups in total. The highest BCUT2D eigenvalue weighted by Gasteiger charge is 2.14. The molecule has 5 nitrogen and oxygen atoms in total. The molecule has 3 rings (SSSR count). The Morgan fingerprint density at radius 3 is 2.73 bits per heavy atom. The van der Waals surface area contributed by atoms with E-state index in [-0.39, 0.29) is 12.2 Å². The molecule has 0 aliphatic heterocycles. The molecule has 0 saturated heterocycles. The fraction of sp³-hybridized carbons (Fsp3) is 0.125. The lowest BCUT2D eigenvalue weighted by Gasteiger charge is -2.06. The monoisotopic (exact) mass is 413 g/mol. The molecule has 0 spiro atoms. The molecule has 0 saturated carbocycles. The molecule has 0 fully saturated rings. The van der Waals surface area contributed by atoms with E-state index >= 15 is 0 Å². The maximum Gasteiger partial charge on any atom is 0.268 e. The third-order valence-electron chi connectivity index (χ3n) is 4.28. The quantitative estimate of drug-likeness (QED) is 0.339. The van der Waals surface area contributed by atoms with E-state index in [9.17, 15) is 10.1 Å². The number of nitrogens with one attached hydrogen (secondary N) is 1. The average Bonchev–Trinajstić information content (AvgIpc) is 3.25. The largest absolute Gasteiger partial charge is 0.480 e. The molecule has 30 heavy (non-hydrogen) atoms.